The second-order valence-corrected chi connectivity index (χ2v) is 10.0. The molecule has 1 aliphatic carbocycles. The number of anilines is 1. The molecule has 0 radical (unpaired) electrons. The molecule has 28 heavy (non-hydrogen) atoms. The van der Waals surface area contributed by atoms with Crippen LogP contribution < -0.4 is 5.32 Å². The van der Waals surface area contributed by atoms with Gasteiger partial charge in [0.15, 0.2) is 9.84 Å². The van der Waals surface area contributed by atoms with Gasteiger partial charge in [-0.2, -0.15) is 0 Å². The Balaban J connectivity index is 1.70. The molecule has 150 valence electrons. The quantitative estimate of drug-likeness (QED) is 0.659. The van der Waals surface area contributed by atoms with Crippen molar-refractivity contribution < 1.29 is 22.7 Å². The highest BCUT2D eigenvalue weighted by atomic mass is 35.5. The molecule has 2 aromatic rings. The van der Waals surface area contributed by atoms with Crippen molar-refractivity contribution in [3.63, 3.8) is 0 Å². The predicted molar refractivity (Wildman–Crippen MR) is 109 cm³/mol. The molecule has 1 amide bonds. The van der Waals surface area contributed by atoms with Gasteiger partial charge in [-0.3, -0.25) is 4.79 Å². The monoisotopic (exact) mass is 441 g/mol. The van der Waals surface area contributed by atoms with Crippen molar-refractivity contribution in [2.75, 3.05) is 17.7 Å². The Labute approximate surface area is 172 Å². The maximum atomic E-state index is 12.4. The van der Waals surface area contributed by atoms with Gasteiger partial charge in [-0.1, -0.05) is 11.6 Å². The van der Waals surface area contributed by atoms with Gasteiger partial charge in [-0.25, -0.2) is 13.2 Å². The number of aryl methyl sites for hydroxylation is 1. The summed E-state index contributed by atoms with van der Waals surface area (Å²) in [6.07, 6.45) is 2.41. The highest BCUT2D eigenvalue weighted by Gasteiger charge is 2.28. The van der Waals surface area contributed by atoms with Crippen LogP contribution >= 0.6 is 22.9 Å². The molecule has 0 bridgehead atoms. The maximum absolute atomic E-state index is 12.4. The molecule has 0 fully saturated rings. The molecule has 6 nitrogen and oxygen atoms in total. The van der Waals surface area contributed by atoms with Crippen LogP contribution in [0.1, 0.15) is 40.6 Å². The number of amides is 1. The van der Waals surface area contributed by atoms with Gasteiger partial charge in [0.2, 0.25) is 5.91 Å². The Kier molecular flexibility index (Phi) is 6.42. The zero-order chi connectivity index (χ0) is 20.3. The zero-order valence-corrected chi connectivity index (χ0v) is 17.7. The molecule has 1 aliphatic rings. The largest absolute Gasteiger partial charge is 0.462 e. The van der Waals surface area contributed by atoms with Crippen LogP contribution in [0, 0.1) is 0 Å². The highest BCUT2D eigenvalue weighted by Crippen LogP contribution is 2.39. The second-order valence-electron chi connectivity index (χ2n) is 6.35. The molecule has 1 heterocycles. The molecule has 0 aliphatic heterocycles. The van der Waals surface area contributed by atoms with E-state index in [0.717, 1.165) is 29.7 Å². The summed E-state index contributed by atoms with van der Waals surface area (Å²) in [4.78, 5) is 25.9. The Morgan fingerprint density at radius 1 is 1.21 bits per heavy atom. The third-order valence-corrected chi connectivity index (χ3v) is 7.62. The number of halogens is 1. The van der Waals surface area contributed by atoms with Crippen molar-refractivity contribution in [3.05, 3.63) is 45.3 Å². The summed E-state index contributed by atoms with van der Waals surface area (Å²) in [5.74, 6) is -1.24. The van der Waals surface area contributed by atoms with E-state index in [4.69, 9.17) is 16.3 Å². The van der Waals surface area contributed by atoms with E-state index in [9.17, 15) is 18.0 Å². The molecule has 3 rings (SSSR count). The second kappa shape index (κ2) is 8.63. The first kappa shape index (κ1) is 20.8. The van der Waals surface area contributed by atoms with Crippen LogP contribution in [-0.2, 0) is 32.2 Å². The number of benzene rings is 1. The van der Waals surface area contributed by atoms with Crippen molar-refractivity contribution in [2.24, 2.45) is 0 Å². The SMILES string of the molecule is CCOC(=O)c1c(NC(=O)CCS(=O)(=O)c2ccc(Cl)cc2)sc2c1CCC2. The fourth-order valence-electron chi connectivity index (χ4n) is 3.09. The molecule has 0 saturated heterocycles. The fourth-order valence-corrected chi connectivity index (χ4v) is 5.75. The van der Waals surface area contributed by atoms with Gasteiger partial charge >= 0.3 is 5.97 Å². The van der Waals surface area contributed by atoms with Gasteiger partial charge in [-0.05, 0) is 56.0 Å². The van der Waals surface area contributed by atoms with Gasteiger partial charge in [0.25, 0.3) is 0 Å². The van der Waals surface area contributed by atoms with Gasteiger partial charge in [0.05, 0.1) is 22.8 Å². The number of fused-ring (bicyclic) bond motifs is 1. The number of carbonyl (C=O) groups excluding carboxylic acids is 2. The summed E-state index contributed by atoms with van der Waals surface area (Å²) in [5, 5.41) is 3.59. The summed E-state index contributed by atoms with van der Waals surface area (Å²) in [6.45, 7) is 1.97. The average molecular weight is 442 g/mol. The summed E-state index contributed by atoms with van der Waals surface area (Å²) < 4.78 is 29.9. The van der Waals surface area contributed by atoms with Gasteiger partial charge in [0.1, 0.15) is 5.00 Å². The van der Waals surface area contributed by atoms with Crippen LogP contribution in [0.2, 0.25) is 5.02 Å². The molecule has 0 unspecified atom stereocenters. The van der Waals surface area contributed by atoms with Crippen LogP contribution in [-0.4, -0.2) is 32.7 Å². The molecule has 0 spiro atoms. The van der Waals surface area contributed by atoms with Crippen LogP contribution in [0.5, 0.6) is 0 Å². The third-order valence-electron chi connectivity index (χ3n) is 4.42. The zero-order valence-electron chi connectivity index (χ0n) is 15.3. The lowest BCUT2D eigenvalue weighted by atomic mass is 10.1. The standard InChI is InChI=1S/C19H20ClNO5S2/c1-2-26-19(23)17-14-4-3-5-15(14)27-18(17)21-16(22)10-11-28(24,25)13-8-6-12(20)7-9-13/h6-9H,2-5,10-11H2,1H3,(H,21,22). The summed E-state index contributed by atoms with van der Waals surface area (Å²) in [7, 11) is -3.60. The molecule has 1 aromatic heterocycles. The first-order valence-corrected chi connectivity index (χ1v) is 11.8. The number of nitrogens with one attached hydrogen (secondary N) is 1. The minimum atomic E-state index is -3.60. The lowest BCUT2D eigenvalue weighted by molar-refractivity contribution is -0.115. The summed E-state index contributed by atoms with van der Waals surface area (Å²) in [5.41, 5.74) is 1.35. The number of carbonyl (C=O) groups is 2. The molecular formula is C19H20ClNO5S2. The van der Waals surface area contributed by atoms with E-state index in [0.29, 0.717) is 15.6 Å². The first-order valence-electron chi connectivity index (χ1n) is 8.91. The molecule has 0 atom stereocenters. The average Bonchev–Trinajstić information content (AvgIpc) is 3.21. The Morgan fingerprint density at radius 2 is 1.93 bits per heavy atom. The summed E-state index contributed by atoms with van der Waals surface area (Å²) >= 11 is 7.14. The van der Waals surface area contributed by atoms with E-state index in [2.05, 4.69) is 5.32 Å². The van der Waals surface area contributed by atoms with E-state index in [1.54, 1.807) is 6.92 Å². The van der Waals surface area contributed by atoms with E-state index in [-0.39, 0.29) is 23.7 Å². The maximum Gasteiger partial charge on any atom is 0.341 e. The van der Waals surface area contributed by atoms with Crippen molar-refractivity contribution in [2.45, 2.75) is 37.5 Å². The molecule has 0 saturated carbocycles. The van der Waals surface area contributed by atoms with Crippen molar-refractivity contribution in [1.82, 2.24) is 0 Å². The smallest absolute Gasteiger partial charge is 0.341 e. The molecule has 9 heteroatoms. The lowest BCUT2D eigenvalue weighted by Gasteiger charge is -2.08. The minimum absolute atomic E-state index is 0.118. The third kappa shape index (κ3) is 4.56. The molecular weight excluding hydrogens is 422 g/mol. The highest BCUT2D eigenvalue weighted by molar-refractivity contribution is 7.91. The topological polar surface area (TPSA) is 89.5 Å². The Morgan fingerprint density at radius 3 is 2.61 bits per heavy atom. The molecule has 1 aromatic carbocycles. The van der Waals surface area contributed by atoms with Crippen molar-refractivity contribution >= 4 is 49.7 Å². The van der Waals surface area contributed by atoms with E-state index in [1.165, 1.54) is 35.6 Å². The van der Waals surface area contributed by atoms with Crippen LogP contribution in [0.3, 0.4) is 0 Å². The number of hydrogen-bond acceptors (Lipinski definition) is 6. The van der Waals surface area contributed by atoms with E-state index >= 15 is 0 Å². The van der Waals surface area contributed by atoms with Crippen molar-refractivity contribution in [3.8, 4) is 0 Å². The number of ether oxygens (including phenoxy) is 1. The normalized spacial score (nSPS) is 13.2. The summed E-state index contributed by atoms with van der Waals surface area (Å²) in [6, 6.07) is 5.82. The molecule has 1 N–H and O–H groups in total. The van der Waals surface area contributed by atoms with E-state index < -0.39 is 21.7 Å². The number of esters is 1. The van der Waals surface area contributed by atoms with Crippen LogP contribution in [0.4, 0.5) is 5.00 Å². The van der Waals surface area contributed by atoms with Gasteiger partial charge < -0.3 is 10.1 Å². The number of rotatable bonds is 7. The minimum Gasteiger partial charge on any atom is -0.462 e. The number of thiophene rings is 1. The Hall–Kier alpha value is -1.90. The van der Waals surface area contributed by atoms with Gasteiger partial charge in [0, 0.05) is 16.3 Å². The predicted octanol–water partition coefficient (Wildman–Crippen LogP) is 3.87. The van der Waals surface area contributed by atoms with E-state index in [1.807, 2.05) is 0 Å². The first-order chi connectivity index (χ1) is 13.3. The van der Waals surface area contributed by atoms with Crippen molar-refractivity contribution in [1.29, 1.82) is 0 Å². The number of hydrogen-bond donors (Lipinski definition) is 1. The fraction of sp³-hybridized carbons (Fsp3) is 0.368. The number of sulfone groups is 1. The Bertz CT molecular complexity index is 996. The van der Waals surface area contributed by atoms with Gasteiger partial charge in [-0.15, -0.1) is 11.3 Å². The lowest BCUT2D eigenvalue weighted by Crippen LogP contribution is -2.18. The van der Waals surface area contributed by atoms with Crippen LogP contribution in [0.15, 0.2) is 29.2 Å². The van der Waals surface area contributed by atoms with Crippen LogP contribution in [0.25, 0.3) is 0 Å².